The van der Waals surface area contributed by atoms with E-state index in [1.165, 1.54) is 15.1 Å². The van der Waals surface area contributed by atoms with Crippen molar-refractivity contribution in [1.82, 2.24) is 25.0 Å². The average molecular weight is 471 g/mol. The van der Waals surface area contributed by atoms with Crippen molar-refractivity contribution in [3.63, 3.8) is 0 Å². The summed E-state index contributed by atoms with van der Waals surface area (Å²) < 4.78 is 1.25. The highest BCUT2D eigenvalue weighted by molar-refractivity contribution is 7.17. The number of anilines is 1. The van der Waals surface area contributed by atoms with Crippen molar-refractivity contribution < 1.29 is 4.79 Å². The standard InChI is InChI=1S/C25H22N6O2S/c32-21(13-14-31-25(33)15-7-1-3-9-17(15)29-30-31)28-24-22(16-8-2-6-12-20(16)34-24)23-26-18-10-4-5-11-19(18)27-23/h1,3-5,7,9-11H,2,6,8,12-14H2,(H,26,27)(H,28,32). The van der Waals surface area contributed by atoms with E-state index in [0.717, 1.165) is 53.1 Å². The molecule has 170 valence electrons. The maximum absolute atomic E-state index is 12.9. The van der Waals surface area contributed by atoms with Crippen molar-refractivity contribution in [2.45, 2.75) is 38.6 Å². The Kier molecular flexibility index (Phi) is 5.18. The fourth-order valence-electron chi connectivity index (χ4n) is 4.54. The van der Waals surface area contributed by atoms with Gasteiger partial charge in [0, 0.05) is 11.3 Å². The molecule has 0 spiro atoms. The molecule has 0 radical (unpaired) electrons. The van der Waals surface area contributed by atoms with Crippen LogP contribution in [-0.4, -0.2) is 30.9 Å². The molecule has 1 aliphatic rings. The predicted octanol–water partition coefficient (Wildman–Crippen LogP) is 4.30. The number of aromatic amines is 1. The number of para-hydroxylation sites is 2. The van der Waals surface area contributed by atoms with Crippen LogP contribution in [0, 0.1) is 0 Å². The van der Waals surface area contributed by atoms with Gasteiger partial charge in [-0.3, -0.25) is 9.59 Å². The Morgan fingerprint density at radius 2 is 1.85 bits per heavy atom. The Hall–Kier alpha value is -3.85. The summed E-state index contributed by atoms with van der Waals surface area (Å²) >= 11 is 1.63. The zero-order valence-corrected chi connectivity index (χ0v) is 19.2. The van der Waals surface area contributed by atoms with E-state index in [-0.39, 0.29) is 24.4 Å². The molecule has 9 heteroatoms. The number of nitrogens with zero attached hydrogens (tertiary/aromatic N) is 4. The van der Waals surface area contributed by atoms with Crippen LogP contribution in [0.2, 0.25) is 0 Å². The van der Waals surface area contributed by atoms with E-state index in [1.54, 1.807) is 29.5 Å². The number of rotatable bonds is 5. The van der Waals surface area contributed by atoms with Gasteiger partial charge >= 0.3 is 0 Å². The molecule has 2 aromatic carbocycles. The van der Waals surface area contributed by atoms with Gasteiger partial charge in [-0.05, 0) is 55.5 Å². The Morgan fingerprint density at radius 3 is 2.74 bits per heavy atom. The molecule has 1 aliphatic carbocycles. The molecule has 5 aromatic rings. The Morgan fingerprint density at radius 1 is 1.06 bits per heavy atom. The van der Waals surface area contributed by atoms with E-state index in [2.05, 4.69) is 20.6 Å². The highest BCUT2D eigenvalue weighted by Crippen LogP contribution is 2.43. The Balaban J connectivity index is 1.27. The predicted molar refractivity (Wildman–Crippen MR) is 133 cm³/mol. The first-order chi connectivity index (χ1) is 16.7. The van der Waals surface area contributed by atoms with E-state index < -0.39 is 0 Å². The first-order valence-electron chi connectivity index (χ1n) is 11.4. The summed E-state index contributed by atoms with van der Waals surface area (Å²) in [6, 6.07) is 15.0. The normalized spacial score (nSPS) is 13.3. The van der Waals surface area contributed by atoms with Gasteiger partial charge in [-0.2, -0.15) is 0 Å². The van der Waals surface area contributed by atoms with Gasteiger partial charge in [0.15, 0.2) is 0 Å². The Labute approximate surface area is 198 Å². The minimum Gasteiger partial charge on any atom is -0.338 e. The molecule has 2 N–H and O–H groups in total. The lowest BCUT2D eigenvalue weighted by Gasteiger charge is -2.12. The maximum Gasteiger partial charge on any atom is 0.277 e. The SMILES string of the molecule is O=C(CCn1nnc2ccccc2c1=O)Nc1sc2c(c1-c1nc3ccccc3[nH]1)CCCC2. The van der Waals surface area contributed by atoms with E-state index in [4.69, 9.17) is 4.98 Å². The molecule has 0 atom stereocenters. The quantitative estimate of drug-likeness (QED) is 0.398. The summed E-state index contributed by atoms with van der Waals surface area (Å²) in [7, 11) is 0. The number of thiophene rings is 1. The number of aryl methyl sites for hydroxylation is 2. The third-order valence-electron chi connectivity index (χ3n) is 6.23. The third-order valence-corrected chi connectivity index (χ3v) is 7.44. The molecule has 0 saturated carbocycles. The number of carbonyl (C=O) groups excluding carboxylic acids is 1. The Bertz CT molecular complexity index is 1570. The fourth-order valence-corrected chi connectivity index (χ4v) is 5.85. The van der Waals surface area contributed by atoms with Crippen LogP contribution < -0.4 is 10.9 Å². The third kappa shape index (κ3) is 3.67. The molecular weight excluding hydrogens is 448 g/mol. The van der Waals surface area contributed by atoms with Gasteiger partial charge in [0.05, 0.1) is 28.5 Å². The van der Waals surface area contributed by atoms with Gasteiger partial charge < -0.3 is 10.3 Å². The molecule has 3 aromatic heterocycles. The number of imidazole rings is 1. The molecule has 0 saturated heterocycles. The van der Waals surface area contributed by atoms with Crippen LogP contribution in [0.4, 0.5) is 5.00 Å². The van der Waals surface area contributed by atoms with Crippen LogP contribution in [0.25, 0.3) is 33.3 Å². The van der Waals surface area contributed by atoms with Gasteiger partial charge in [-0.25, -0.2) is 9.67 Å². The van der Waals surface area contributed by atoms with E-state index in [0.29, 0.717) is 10.9 Å². The fraction of sp³-hybridized carbons (Fsp3) is 0.240. The summed E-state index contributed by atoms with van der Waals surface area (Å²) in [4.78, 5) is 35.1. The number of nitrogens with one attached hydrogen (secondary N) is 2. The van der Waals surface area contributed by atoms with Crippen molar-refractivity contribution in [3.05, 3.63) is 69.3 Å². The molecule has 0 unspecified atom stereocenters. The van der Waals surface area contributed by atoms with Gasteiger partial charge in [-0.15, -0.1) is 16.4 Å². The van der Waals surface area contributed by atoms with E-state index in [9.17, 15) is 9.59 Å². The molecule has 34 heavy (non-hydrogen) atoms. The van der Waals surface area contributed by atoms with Crippen molar-refractivity contribution in [2.75, 3.05) is 5.32 Å². The van der Waals surface area contributed by atoms with Crippen LogP contribution in [0.3, 0.4) is 0 Å². The number of benzene rings is 2. The summed E-state index contributed by atoms with van der Waals surface area (Å²) in [6.45, 7) is 0.160. The van der Waals surface area contributed by atoms with E-state index >= 15 is 0 Å². The zero-order valence-electron chi connectivity index (χ0n) is 18.4. The molecular formula is C25H22N6O2S. The van der Waals surface area contributed by atoms with Gasteiger partial charge in [0.25, 0.3) is 5.56 Å². The molecule has 1 amide bonds. The first kappa shape index (κ1) is 20.7. The number of carbonyl (C=O) groups is 1. The molecule has 0 bridgehead atoms. The number of hydrogen-bond acceptors (Lipinski definition) is 6. The zero-order chi connectivity index (χ0) is 23.1. The minimum absolute atomic E-state index is 0.120. The topological polar surface area (TPSA) is 106 Å². The summed E-state index contributed by atoms with van der Waals surface area (Å²) in [5.41, 5.74) is 4.45. The molecule has 6 rings (SSSR count). The number of hydrogen-bond donors (Lipinski definition) is 2. The van der Waals surface area contributed by atoms with Crippen LogP contribution in [0.15, 0.2) is 53.3 Å². The summed E-state index contributed by atoms with van der Waals surface area (Å²) in [5, 5.41) is 12.5. The number of amides is 1. The smallest absolute Gasteiger partial charge is 0.277 e. The largest absolute Gasteiger partial charge is 0.338 e. The van der Waals surface area contributed by atoms with Gasteiger partial charge in [0.2, 0.25) is 5.91 Å². The monoisotopic (exact) mass is 470 g/mol. The van der Waals surface area contributed by atoms with Gasteiger partial charge in [0.1, 0.15) is 16.3 Å². The van der Waals surface area contributed by atoms with Crippen LogP contribution >= 0.6 is 11.3 Å². The van der Waals surface area contributed by atoms with Crippen LogP contribution in [0.1, 0.15) is 29.7 Å². The van der Waals surface area contributed by atoms with Crippen molar-refractivity contribution in [1.29, 1.82) is 0 Å². The second kappa shape index (κ2) is 8.49. The molecule has 0 fully saturated rings. The molecule has 0 aliphatic heterocycles. The van der Waals surface area contributed by atoms with Gasteiger partial charge in [-0.1, -0.05) is 29.5 Å². The number of aromatic nitrogens is 5. The second-order valence-corrected chi connectivity index (χ2v) is 9.56. The van der Waals surface area contributed by atoms with Crippen molar-refractivity contribution in [2.24, 2.45) is 0 Å². The molecule has 3 heterocycles. The highest BCUT2D eigenvalue weighted by Gasteiger charge is 2.25. The highest BCUT2D eigenvalue weighted by atomic mass is 32.1. The number of H-pyrrole nitrogens is 1. The first-order valence-corrected chi connectivity index (χ1v) is 12.2. The summed E-state index contributed by atoms with van der Waals surface area (Å²) in [6.07, 6.45) is 4.41. The van der Waals surface area contributed by atoms with Crippen molar-refractivity contribution >= 4 is 44.2 Å². The lowest BCUT2D eigenvalue weighted by Crippen LogP contribution is -2.26. The molecule has 8 nitrogen and oxygen atoms in total. The number of fused-ring (bicyclic) bond motifs is 3. The van der Waals surface area contributed by atoms with E-state index in [1.807, 2.05) is 30.3 Å². The van der Waals surface area contributed by atoms with Crippen molar-refractivity contribution in [3.8, 4) is 11.4 Å². The second-order valence-electron chi connectivity index (χ2n) is 8.45. The maximum atomic E-state index is 12.9. The van der Waals surface area contributed by atoms with Crippen LogP contribution in [-0.2, 0) is 24.2 Å². The minimum atomic E-state index is -0.243. The van der Waals surface area contributed by atoms with Crippen LogP contribution in [0.5, 0.6) is 0 Å². The average Bonchev–Trinajstić information content (AvgIpc) is 3.44. The lowest BCUT2D eigenvalue weighted by atomic mass is 9.95. The lowest BCUT2D eigenvalue weighted by molar-refractivity contribution is -0.116. The summed E-state index contributed by atoms with van der Waals surface area (Å²) in [5.74, 6) is 0.616.